The maximum Gasteiger partial charge on any atom is 0.240 e. The fourth-order valence-corrected chi connectivity index (χ4v) is 1.30. The monoisotopic (exact) mass is 243 g/mol. The number of nitrogens with zero attached hydrogens (tertiary/aromatic N) is 4. The van der Waals surface area contributed by atoms with Gasteiger partial charge in [-0.05, 0) is 15.9 Å². The summed E-state index contributed by atoms with van der Waals surface area (Å²) in [4.78, 5) is 3.89. The van der Waals surface area contributed by atoms with Gasteiger partial charge in [0.2, 0.25) is 5.95 Å². The van der Waals surface area contributed by atoms with Crippen molar-refractivity contribution in [3.05, 3.63) is 22.8 Å². The molecular formula is C6H6BrN5O. The molecular weight excluding hydrogens is 238 g/mol. The molecule has 68 valence electrons. The van der Waals surface area contributed by atoms with Gasteiger partial charge >= 0.3 is 0 Å². The Morgan fingerprint density at radius 3 is 3.00 bits per heavy atom. The van der Waals surface area contributed by atoms with Gasteiger partial charge < -0.3 is 10.3 Å². The van der Waals surface area contributed by atoms with Gasteiger partial charge in [0.15, 0.2) is 4.73 Å². The van der Waals surface area contributed by atoms with Crippen molar-refractivity contribution in [2.45, 2.75) is 6.54 Å². The molecule has 0 aromatic carbocycles. The predicted octanol–water partition coefficient (Wildman–Crippen LogP) is 0.659. The van der Waals surface area contributed by atoms with Gasteiger partial charge in [0.25, 0.3) is 0 Å². The minimum Gasteiger partial charge on any atom is -0.366 e. The van der Waals surface area contributed by atoms with Gasteiger partial charge in [-0.2, -0.15) is 4.98 Å². The summed E-state index contributed by atoms with van der Waals surface area (Å²) in [5.74, 6) is 0.239. The third kappa shape index (κ3) is 1.69. The first-order chi connectivity index (χ1) is 6.25. The number of nitrogen functional groups attached to an aromatic ring is 1. The first-order valence-corrected chi connectivity index (χ1v) is 4.29. The van der Waals surface area contributed by atoms with Crippen molar-refractivity contribution in [2.24, 2.45) is 0 Å². The Hall–Kier alpha value is -1.37. The van der Waals surface area contributed by atoms with Crippen molar-refractivity contribution in [1.82, 2.24) is 19.9 Å². The minimum absolute atomic E-state index is 0.239. The van der Waals surface area contributed by atoms with Gasteiger partial charge in [0.05, 0.1) is 12.7 Å². The van der Waals surface area contributed by atoms with Crippen molar-refractivity contribution in [1.29, 1.82) is 0 Å². The third-order valence-electron chi connectivity index (χ3n) is 1.46. The van der Waals surface area contributed by atoms with Crippen molar-refractivity contribution >= 4 is 21.9 Å². The molecule has 0 saturated carbocycles. The standard InChI is InChI=1S/C6H6BrN5O/c7-5-10-6(8)11-12(5)2-4-1-9-13-3-4/h1,3H,2H2,(H2,8,11). The van der Waals surface area contributed by atoms with E-state index >= 15 is 0 Å². The first-order valence-electron chi connectivity index (χ1n) is 3.50. The number of nitrogens with two attached hydrogens (primary N) is 1. The summed E-state index contributed by atoms with van der Waals surface area (Å²) in [6.07, 6.45) is 3.16. The fourth-order valence-electron chi connectivity index (χ4n) is 0.918. The maximum absolute atomic E-state index is 5.40. The normalized spacial score (nSPS) is 10.5. The highest BCUT2D eigenvalue weighted by Gasteiger charge is 2.05. The summed E-state index contributed by atoms with van der Waals surface area (Å²) in [6.45, 7) is 0.536. The Kier molecular flexibility index (Phi) is 2.01. The molecule has 7 heteroatoms. The number of hydrogen-bond acceptors (Lipinski definition) is 5. The van der Waals surface area contributed by atoms with Crippen LogP contribution in [0, 0.1) is 0 Å². The molecule has 0 aliphatic rings. The number of halogens is 1. The van der Waals surface area contributed by atoms with Crippen LogP contribution in [0.5, 0.6) is 0 Å². The van der Waals surface area contributed by atoms with Crippen LogP contribution < -0.4 is 5.73 Å². The Labute approximate surface area is 81.9 Å². The lowest BCUT2D eigenvalue weighted by Gasteiger charge is -1.96. The maximum atomic E-state index is 5.40. The zero-order valence-electron chi connectivity index (χ0n) is 6.51. The molecule has 0 spiro atoms. The fraction of sp³-hybridized carbons (Fsp3) is 0.167. The largest absolute Gasteiger partial charge is 0.366 e. The van der Waals surface area contributed by atoms with Crippen LogP contribution in [0.1, 0.15) is 5.56 Å². The highest BCUT2D eigenvalue weighted by Crippen LogP contribution is 2.10. The zero-order chi connectivity index (χ0) is 9.26. The second-order valence-electron chi connectivity index (χ2n) is 2.43. The van der Waals surface area contributed by atoms with Gasteiger partial charge in [-0.1, -0.05) is 5.16 Å². The predicted molar refractivity (Wildman–Crippen MR) is 47.7 cm³/mol. The molecule has 0 atom stereocenters. The molecule has 2 rings (SSSR count). The lowest BCUT2D eigenvalue weighted by atomic mass is 10.4. The average Bonchev–Trinajstić information content (AvgIpc) is 2.63. The van der Waals surface area contributed by atoms with E-state index in [9.17, 15) is 0 Å². The minimum atomic E-state index is 0.239. The van der Waals surface area contributed by atoms with Crippen LogP contribution in [0.25, 0.3) is 0 Å². The van der Waals surface area contributed by atoms with E-state index < -0.39 is 0 Å². The topological polar surface area (TPSA) is 82.8 Å². The van der Waals surface area contributed by atoms with Crippen LogP contribution in [0.3, 0.4) is 0 Å². The Morgan fingerprint density at radius 2 is 2.46 bits per heavy atom. The van der Waals surface area contributed by atoms with Gasteiger partial charge in [-0.3, -0.25) is 0 Å². The molecule has 13 heavy (non-hydrogen) atoms. The molecule has 2 N–H and O–H groups in total. The second-order valence-corrected chi connectivity index (χ2v) is 3.14. The van der Waals surface area contributed by atoms with Crippen molar-refractivity contribution in [2.75, 3.05) is 5.73 Å². The molecule has 0 fully saturated rings. The van der Waals surface area contributed by atoms with Crippen molar-refractivity contribution < 1.29 is 4.52 Å². The molecule has 2 aromatic rings. The molecule has 0 radical (unpaired) electrons. The number of anilines is 1. The number of hydrogen-bond donors (Lipinski definition) is 1. The summed E-state index contributed by atoms with van der Waals surface area (Å²) in [6, 6.07) is 0. The quantitative estimate of drug-likeness (QED) is 0.838. The molecule has 0 unspecified atom stereocenters. The van der Waals surface area contributed by atoms with Crippen LogP contribution in [0.2, 0.25) is 0 Å². The number of rotatable bonds is 2. The lowest BCUT2D eigenvalue weighted by molar-refractivity contribution is 0.418. The Bertz CT molecular complexity index is 395. The van der Waals surface area contributed by atoms with Gasteiger partial charge in [-0.25, -0.2) is 4.68 Å². The smallest absolute Gasteiger partial charge is 0.240 e. The van der Waals surface area contributed by atoms with E-state index in [1.165, 1.54) is 0 Å². The van der Waals surface area contributed by atoms with Crippen molar-refractivity contribution in [3.8, 4) is 0 Å². The van der Waals surface area contributed by atoms with Gasteiger partial charge in [-0.15, -0.1) is 5.10 Å². The van der Waals surface area contributed by atoms with Crippen LogP contribution in [0.15, 0.2) is 21.7 Å². The molecule has 6 nitrogen and oxygen atoms in total. The summed E-state index contributed by atoms with van der Waals surface area (Å²) >= 11 is 3.22. The zero-order valence-corrected chi connectivity index (χ0v) is 8.10. The third-order valence-corrected chi connectivity index (χ3v) is 2.05. The van der Waals surface area contributed by atoms with E-state index in [-0.39, 0.29) is 5.95 Å². The van der Waals surface area contributed by atoms with Crippen LogP contribution in [0.4, 0.5) is 5.95 Å². The van der Waals surface area contributed by atoms with Gasteiger partial charge in [0, 0.05) is 5.56 Å². The summed E-state index contributed by atoms with van der Waals surface area (Å²) in [5, 5.41) is 7.52. The van der Waals surface area contributed by atoms with E-state index in [0.29, 0.717) is 11.3 Å². The van der Waals surface area contributed by atoms with Crippen LogP contribution in [-0.2, 0) is 6.54 Å². The first kappa shape index (κ1) is 8.24. The Balaban J connectivity index is 2.23. The molecule has 0 bridgehead atoms. The summed E-state index contributed by atoms with van der Waals surface area (Å²) in [7, 11) is 0. The van der Waals surface area contributed by atoms with Crippen LogP contribution in [-0.4, -0.2) is 19.9 Å². The van der Waals surface area contributed by atoms with E-state index in [2.05, 4.69) is 35.7 Å². The van der Waals surface area contributed by atoms with E-state index in [1.54, 1.807) is 17.1 Å². The van der Waals surface area contributed by atoms with E-state index in [0.717, 1.165) is 5.56 Å². The molecule has 0 aliphatic heterocycles. The van der Waals surface area contributed by atoms with E-state index in [4.69, 9.17) is 5.73 Å². The Morgan fingerprint density at radius 1 is 1.62 bits per heavy atom. The molecule has 2 aromatic heterocycles. The molecule has 0 amide bonds. The van der Waals surface area contributed by atoms with E-state index in [1.807, 2.05) is 0 Å². The lowest BCUT2D eigenvalue weighted by Crippen LogP contribution is -2.01. The van der Waals surface area contributed by atoms with Crippen molar-refractivity contribution in [3.63, 3.8) is 0 Å². The average molecular weight is 244 g/mol. The van der Waals surface area contributed by atoms with Gasteiger partial charge in [0.1, 0.15) is 6.26 Å². The summed E-state index contributed by atoms with van der Waals surface area (Å²) in [5.41, 5.74) is 6.30. The highest BCUT2D eigenvalue weighted by molar-refractivity contribution is 9.10. The molecule has 0 saturated heterocycles. The second kappa shape index (κ2) is 3.17. The molecule has 0 aliphatic carbocycles. The van der Waals surface area contributed by atoms with Crippen LogP contribution >= 0.6 is 15.9 Å². The molecule has 2 heterocycles. The number of aromatic nitrogens is 4. The summed E-state index contributed by atoms with van der Waals surface area (Å²) < 4.78 is 6.88. The SMILES string of the molecule is Nc1nc(Br)n(Cc2cnoc2)n1. The highest BCUT2D eigenvalue weighted by atomic mass is 79.9.